The van der Waals surface area contributed by atoms with E-state index in [0.29, 0.717) is 32.2 Å². The predicted molar refractivity (Wildman–Crippen MR) is 221 cm³/mol. The van der Waals surface area contributed by atoms with Crippen LogP contribution in [0, 0.1) is 23.7 Å². The number of hydrogen-bond acceptors (Lipinski definition) is 9. The molecule has 2 aromatic rings. The number of hydrogen-bond donors (Lipinski definition) is 3. The Labute approximate surface area is 347 Å². The van der Waals surface area contributed by atoms with Gasteiger partial charge in [0.05, 0.1) is 42.7 Å². The SMILES string of the molecule is CCC(C)C(C(CC(=O)N1CCC[C@H]1C(OC)C(C)C(=O)NC(Cc1ccccc1)c1nccs1)OC)N(C)C(=O)C(NC(=O)C1C2CCC(C2)N1C(=O)O)C(C)C. The highest BCUT2D eigenvalue weighted by atomic mass is 32.1. The molecule has 3 N–H and O–H groups in total. The molecule has 5 amide bonds. The van der Waals surface area contributed by atoms with Gasteiger partial charge in [0.2, 0.25) is 23.6 Å². The second-order valence-electron chi connectivity index (χ2n) is 16.8. The van der Waals surface area contributed by atoms with Crippen LogP contribution in [0.2, 0.25) is 0 Å². The number of ether oxygens (including phenoxy) is 2. The van der Waals surface area contributed by atoms with Crippen molar-refractivity contribution in [3.63, 3.8) is 0 Å². The van der Waals surface area contributed by atoms with Crippen LogP contribution in [0.4, 0.5) is 4.79 Å². The number of piperidine rings is 1. The summed E-state index contributed by atoms with van der Waals surface area (Å²) in [5.41, 5.74) is 1.08. The Hall–Kier alpha value is -4.08. The molecule has 11 atom stereocenters. The number of thiazole rings is 1. The van der Waals surface area contributed by atoms with Crippen LogP contribution in [-0.2, 0) is 35.1 Å². The number of carbonyl (C=O) groups excluding carboxylic acids is 4. The lowest BCUT2D eigenvalue weighted by molar-refractivity contribution is -0.148. The molecule has 10 unspecified atom stereocenters. The Morgan fingerprint density at radius 1 is 1.02 bits per heavy atom. The summed E-state index contributed by atoms with van der Waals surface area (Å²) in [7, 11) is 4.81. The number of nitrogens with one attached hydrogen (secondary N) is 2. The van der Waals surface area contributed by atoms with E-state index >= 15 is 0 Å². The van der Waals surface area contributed by atoms with E-state index in [1.807, 2.05) is 75.2 Å². The molecule has 3 fully saturated rings. The van der Waals surface area contributed by atoms with E-state index in [0.717, 1.165) is 29.8 Å². The molecule has 1 aromatic heterocycles. The molecule has 2 bridgehead atoms. The Kier molecular flexibility index (Phi) is 15.7. The molecule has 14 nitrogen and oxygen atoms in total. The first-order chi connectivity index (χ1) is 27.7. The van der Waals surface area contributed by atoms with Crippen LogP contribution in [0.25, 0.3) is 0 Å². The summed E-state index contributed by atoms with van der Waals surface area (Å²) in [5, 5.41) is 18.8. The lowest BCUT2D eigenvalue weighted by atomic mass is 9.89. The maximum absolute atomic E-state index is 14.4. The molecule has 1 saturated carbocycles. The number of carboxylic acid groups (broad SMARTS) is 1. The van der Waals surface area contributed by atoms with Gasteiger partial charge >= 0.3 is 6.09 Å². The monoisotopic (exact) mass is 824 g/mol. The number of carbonyl (C=O) groups is 5. The lowest BCUT2D eigenvalue weighted by Gasteiger charge is -2.41. The van der Waals surface area contributed by atoms with Gasteiger partial charge in [-0.25, -0.2) is 9.78 Å². The first-order valence-electron chi connectivity index (χ1n) is 20.9. The molecule has 3 aliphatic rings. The van der Waals surface area contributed by atoms with Gasteiger partial charge in [0.25, 0.3) is 0 Å². The number of benzene rings is 1. The molecule has 320 valence electrons. The quantitative estimate of drug-likeness (QED) is 0.174. The highest BCUT2D eigenvalue weighted by molar-refractivity contribution is 7.09. The minimum atomic E-state index is -1.12. The van der Waals surface area contributed by atoms with E-state index in [1.165, 1.54) is 16.2 Å². The minimum absolute atomic E-state index is 0.00272. The van der Waals surface area contributed by atoms with Gasteiger partial charge in [-0.2, -0.15) is 0 Å². The third-order valence-corrected chi connectivity index (χ3v) is 13.8. The van der Waals surface area contributed by atoms with Gasteiger partial charge < -0.3 is 35.0 Å². The van der Waals surface area contributed by atoms with Gasteiger partial charge in [0, 0.05) is 45.4 Å². The fourth-order valence-electron chi connectivity index (χ4n) is 9.64. The van der Waals surface area contributed by atoms with Crippen molar-refractivity contribution in [2.24, 2.45) is 23.7 Å². The van der Waals surface area contributed by atoms with Crippen molar-refractivity contribution < 1.29 is 38.6 Å². The van der Waals surface area contributed by atoms with Gasteiger partial charge in [0.15, 0.2) is 0 Å². The number of fused-ring (bicyclic) bond motifs is 2. The normalized spacial score (nSPS) is 23.8. The van der Waals surface area contributed by atoms with Crippen molar-refractivity contribution in [3.05, 3.63) is 52.5 Å². The van der Waals surface area contributed by atoms with Crippen LogP contribution in [0.15, 0.2) is 41.9 Å². The fraction of sp³-hybridized carbons (Fsp3) is 0.674. The van der Waals surface area contributed by atoms with E-state index in [1.54, 1.807) is 32.4 Å². The van der Waals surface area contributed by atoms with Crippen LogP contribution >= 0.6 is 11.3 Å². The summed E-state index contributed by atoms with van der Waals surface area (Å²) >= 11 is 1.49. The maximum atomic E-state index is 14.4. The number of methoxy groups -OCH3 is 2. The Morgan fingerprint density at radius 2 is 1.74 bits per heavy atom. The summed E-state index contributed by atoms with van der Waals surface area (Å²) in [5.74, 6) is -2.12. The molecule has 0 spiro atoms. The second kappa shape index (κ2) is 20.3. The van der Waals surface area contributed by atoms with Gasteiger partial charge in [-0.3, -0.25) is 24.1 Å². The van der Waals surface area contributed by atoms with Crippen LogP contribution in [0.1, 0.15) is 96.2 Å². The van der Waals surface area contributed by atoms with Crippen molar-refractivity contribution in [1.29, 1.82) is 0 Å². The van der Waals surface area contributed by atoms with Crippen LogP contribution < -0.4 is 10.6 Å². The van der Waals surface area contributed by atoms with E-state index < -0.39 is 48.3 Å². The van der Waals surface area contributed by atoms with Gasteiger partial charge in [0.1, 0.15) is 17.1 Å². The average molecular weight is 825 g/mol. The van der Waals surface area contributed by atoms with Crippen LogP contribution in [-0.4, -0.2) is 125 Å². The molecule has 1 aliphatic carbocycles. The molecular formula is C43H64N6O8S. The number of likely N-dealkylation sites (N-methyl/N-ethyl adjacent to an activating group) is 1. The molecular weight excluding hydrogens is 761 g/mol. The first-order valence-corrected chi connectivity index (χ1v) is 21.8. The molecule has 5 rings (SSSR count). The number of rotatable bonds is 19. The number of amides is 5. The van der Waals surface area contributed by atoms with Gasteiger partial charge in [-0.1, -0.05) is 71.4 Å². The topological polar surface area (TPSA) is 171 Å². The lowest BCUT2D eigenvalue weighted by Crippen LogP contribution is -2.60. The van der Waals surface area contributed by atoms with E-state index in [-0.39, 0.29) is 60.0 Å². The second-order valence-corrected chi connectivity index (χ2v) is 17.7. The summed E-state index contributed by atoms with van der Waals surface area (Å²) in [6.45, 7) is 10.1. The molecule has 3 heterocycles. The minimum Gasteiger partial charge on any atom is -0.465 e. The molecule has 15 heteroatoms. The maximum Gasteiger partial charge on any atom is 0.408 e. The highest BCUT2D eigenvalue weighted by Gasteiger charge is 2.52. The number of likely N-dealkylation sites (tertiary alicyclic amines) is 2. The van der Waals surface area contributed by atoms with Crippen molar-refractivity contribution >= 4 is 41.1 Å². The summed E-state index contributed by atoms with van der Waals surface area (Å²) in [4.78, 5) is 77.7. The van der Waals surface area contributed by atoms with Crippen LogP contribution in [0.3, 0.4) is 0 Å². The third kappa shape index (κ3) is 10.0. The molecule has 58 heavy (non-hydrogen) atoms. The average Bonchev–Trinajstić information content (AvgIpc) is 4.05. The molecule has 2 aliphatic heterocycles. The zero-order valence-corrected chi connectivity index (χ0v) is 36.2. The van der Waals surface area contributed by atoms with E-state index in [2.05, 4.69) is 15.6 Å². The van der Waals surface area contributed by atoms with Gasteiger partial charge in [-0.15, -0.1) is 11.3 Å². The Morgan fingerprint density at radius 3 is 2.34 bits per heavy atom. The third-order valence-electron chi connectivity index (χ3n) is 12.9. The van der Waals surface area contributed by atoms with Crippen molar-refractivity contribution in [1.82, 2.24) is 30.3 Å². The van der Waals surface area contributed by atoms with Crippen LogP contribution in [0.5, 0.6) is 0 Å². The Bertz CT molecular complexity index is 1700. The number of aromatic nitrogens is 1. The van der Waals surface area contributed by atoms with E-state index in [9.17, 15) is 29.1 Å². The van der Waals surface area contributed by atoms with Gasteiger partial charge in [-0.05, 0) is 61.8 Å². The largest absolute Gasteiger partial charge is 0.465 e. The van der Waals surface area contributed by atoms with E-state index in [4.69, 9.17) is 9.47 Å². The van der Waals surface area contributed by atoms with Crippen molar-refractivity contribution in [3.8, 4) is 0 Å². The first kappa shape index (κ1) is 45.0. The Balaban J connectivity index is 1.28. The van der Waals surface area contributed by atoms with Crippen molar-refractivity contribution in [2.75, 3.05) is 27.8 Å². The highest BCUT2D eigenvalue weighted by Crippen LogP contribution is 2.42. The summed E-state index contributed by atoms with van der Waals surface area (Å²) in [6, 6.07) is 6.87. The summed E-state index contributed by atoms with van der Waals surface area (Å²) in [6.07, 6.45) is 4.26. The molecule has 1 aromatic carbocycles. The summed E-state index contributed by atoms with van der Waals surface area (Å²) < 4.78 is 12.1. The zero-order chi connectivity index (χ0) is 42.3. The predicted octanol–water partition coefficient (Wildman–Crippen LogP) is 5.14. The number of nitrogens with zero attached hydrogens (tertiary/aromatic N) is 4. The molecule has 0 radical (unpaired) electrons. The smallest absolute Gasteiger partial charge is 0.408 e. The zero-order valence-electron chi connectivity index (χ0n) is 35.3. The molecule has 2 saturated heterocycles. The van der Waals surface area contributed by atoms with Crippen molar-refractivity contribution in [2.45, 2.75) is 134 Å². The fourth-order valence-corrected chi connectivity index (χ4v) is 10.3. The standard InChI is InChI=1S/C43H64N6O8S/c1-9-26(4)36(47(6)42(53)35(25(2)3)46-40(52)37-29-17-18-30(23-29)49(37)43(54)55)33(56-7)24-34(50)48-20-13-16-32(48)38(57-8)27(5)39(51)45-31(41-44-19-21-58-41)22-28-14-11-10-12-15-28/h10-12,14-15,19,21,25-27,29-33,35-38H,9,13,16-18,20,22-24H2,1-8H3,(H,45,51)(H,46,52)(H,54,55)/t26?,27?,29?,30?,31?,32-,33?,35?,36?,37?,38?/m0/s1.